The molecular formula is C18H17Cl2NO4S. The van der Waals surface area contributed by atoms with E-state index in [1.54, 1.807) is 31.5 Å². The number of methoxy groups -OCH3 is 2. The molecule has 1 aromatic heterocycles. The maximum Gasteiger partial charge on any atom is 0.341 e. The number of nitrogens with one attached hydrogen (secondary N) is 1. The summed E-state index contributed by atoms with van der Waals surface area (Å²) in [4.78, 5) is 24.9. The van der Waals surface area contributed by atoms with Gasteiger partial charge in [0.05, 0.1) is 19.6 Å². The molecule has 1 aliphatic rings. The summed E-state index contributed by atoms with van der Waals surface area (Å²) >= 11 is 13.4. The fourth-order valence-corrected chi connectivity index (χ4v) is 4.28. The highest BCUT2D eigenvalue weighted by Crippen LogP contribution is 2.64. The molecule has 0 spiro atoms. The van der Waals surface area contributed by atoms with Gasteiger partial charge in [0.1, 0.15) is 20.6 Å². The van der Waals surface area contributed by atoms with E-state index in [0.717, 1.165) is 5.56 Å². The van der Waals surface area contributed by atoms with Crippen molar-refractivity contribution < 1.29 is 19.1 Å². The normalized spacial score (nSPS) is 20.3. The van der Waals surface area contributed by atoms with E-state index in [9.17, 15) is 9.59 Å². The van der Waals surface area contributed by atoms with Crippen LogP contribution in [0, 0.1) is 5.41 Å². The van der Waals surface area contributed by atoms with Crippen LogP contribution in [0.3, 0.4) is 0 Å². The highest BCUT2D eigenvalue weighted by atomic mass is 35.5. The van der Waals surface area contributed by atoms with Gasteiger partial charge in [-0.2, -0.15) is 0 Å². The first-order chi connectivity index (χ1) is 12.2. The molecule has 1 unspecified atom stereocenters. The quantitative estimate of drug-likeness (QED) is 0.568. The molecule has 3 rings (SSSR count). The first kappa shape index (κ1) is 19.0. The molecule has 1 heterocycles. The number of hydrogen-bond donors (Lipinski definition) is 1. The predicted octanol–water partition coefficient (Wildman–Crippen LogP) is 4.73. The average Bonchev–Trinajstić information content (AvgIpc) is 2.95. The molecule has 26 heavy (non-hydrogen) atoms. The number of carbonyl (C=O) groups excluding carboxylic acids is 2. The van der Waals surface area contributed by atoms with Crippen LogP contribution in [0.25, 0.3) is 11.1 Å². The summed E-state index contributed by atoms with van der Waals surface area (Å²) in [5.74, 6) is -0.147. The van der Waals surface area contributed by atoms with Gasteiger partial charge in [-0.05, 0) is 31.0 Å². The van der Waals surface area contributed by atoms with Crippen molar-refractivity contribution in [2.45, 2.75) is 17.7 Å². The fourth-order valence-electron chi connectivity index (χ4n) is 2.62. The topological polar surface area (TPSA) is 64.6 Å². The van der Waals surface area contributed by atoms with Crippen LogP contribution in [0.5, 0.6) is 5.75 Å². The summed E-state index contributed by atoms with van der Waals surface area (Å²) in [7, 11) is 2.88. The molecule has 8 heteroatoms. The summed E-state index contributed by atoms with van der Waals surface area (Å²) in [6.45, 7) is 1.69. The number of carbonyl (C=O) groups is 2. The number of esters is 1. The van der Waals surface area contributed by atoms with E-state index in [1.807, 2.05) is 12.1 Å². The first-order valence-corrected chi connectivity index (χ1v) is 9.40. The first-order valence-electron chi connectivity index (χ1n) is 7.77. The van der Waals surface area contributed by atoms with Crippen LogP contribution < -0.4 is 10.1 Å². The van der Waals surface area contributed by atoms with Crippen LogP contribution in [0.2, 0.25) is 0 Å². The molecule has 1 atom stereocenters. The minimum absolute atomic E-state index is 0.301. The lowest BCUT2D eigenvalue weighted by molar-refractivity contribution is -0.120. The van der Waals surface area contributed by atoms with Crippen molar-refractivity contribution in [3.05, 3.63) is 35.2 Å². The van der Waals surface area contributed by atoms with E-state index >= 15 is 0 Å². The second-order valence-electron chi connectivity index (χ2n) is 6.24. The fraction of sp³-hybridized carbons (Fsp3) is 0.333. The van der Waals surface area contributed by atoms with Crippen LogP contribution in [-0.2, 0) is 9.53 Å². The van der Waals surface area contributed by atoms with Gasteiger partial charge in [0, 0.05) is 10.9 Å². The third-order valence-corrected chi connectivity index (χ3v) is 6.56. The monoisotopic (exact) mass is 413 g/mol. The summed E-state index contributed by atoms with van der Waals surface area (Å²) in [5, 5.41) is 4.99. The standard InChI is InChI=1S/C18H17Cl2NO4S/c1-17(9-18(17,19)20)16(23)21-14-13(15(22)25-3)12(8-26-14)10-4-6-11(24-2)7-5-10/h4-8H,9H2,1-3H3,(H,21,23). The van der Waals surface area contributed by atoms with Crippen molar-refractivity contribution >= 4 is 51.4 Å². The lowest BCUT2D eigenvalue weighted by atomic mass is 10.0. The third-order valence-electron chi connectivity index (χ3n) is 4.57. The minimum Gasteiger partial charge on any atom is -0.497 e. The summed E-state index contributed by atoms with van der Waals surface area (Å²) < 4.78 is 8.98. The number of thiophene rings is 1. The van der Waals surface area contributed by atoms with E-state index < -0.39 is 15.7 Å². The number of anilines is 1. The van der Waals surface area contributed by atoms with Gasteiger partial charge in [0.15, 0.2) is 0 Å². The van der Waals surface area contributed by atoms with Gasteiger partial charge in [-0.15, -0.1) is 34.5 Å². The lowest BCUT2D eigenvalue weighted by Crippen LogP contribution is -2.26. The number of hydrogen-bond acceptors (Lipinski definition) is 5. The van der Waals surface area contributed by atoms with Gasteiger partial charge in [0.25, 0.3) is 0 Å². The molecule has 1 amide bonds. The zero-order valence-electron chi connectivity index (χ0n) is 14.4. The maximum absolute atomic E-state index is 12.6. The van der Waals surface area contributed by atoms with E-state index in [4.69, 9.17) is 32.7 Å². The van der Waals surface area contributed by atoms with Crippen LogP contribution in [-0.4, -0.2) is 30.4 Å². The Labute approximate surface area is 165 Å². The van der Waals surface area contributed by atoms with Crippen molar-refractivity contribution in [3.8, 4) is 16.9 Å². The summed E-state index contributed by atoms with van der Waals surface area (Å²) in [6.07, 6.45) is 0.360. The van der Waals surface area contributed by atoms with Crippen LogP contribution in [0.1, 0.15) is 23.7 Å². The van der Waals surface area contributed by atoms with Gasteiger partial charge in [0.2, 0.25) is 5.91 Å². The summed E-state index contributed by atoms with van der Waals surface area (Å²) in [5.41, 5.74) is 0.900. The predicted molar refractivity (Wildman–Crippen MR) is 103 cm³/mol. The third kappa shape index (κ3) is 3.17. The van der Waals surface area contributed by atoms with Crippen molar-refractivity contribution in [2.24, 2.45) is 5.41 Å². The Morgan fingerprint density at radius 3 is 2.31 bits per heavy atom. The number of ether oxygens (including phenoxy) is 2. The van der Waals surface area contributed by atoms with E-state index in [-0.39, 0.29) is 5.91 Å². The number of rotatable bonds is 5. The van der Waals surface area contributed by atoms with Crippen LogP contribution in [0.15, 0.2) is 29.6 Å². The van der Waals surface area contributed by atoms with Crippen molar-refractivity contribution in [1.29, 1.82) is 0 Å². The minimum atomic E-state index is -1.08. The molecule has 1 saturated carbocycles. The number of halogens is 2. The number of amides is 1. The molecule has 0 radical (unpaired) electrons. The van der Waals surface area contributed by atoms with Gasteiger partial charge >= 0.3 is 5.97 Å². The van der Waals surface area contributed by atoms with Crippen molar-refractivity contribution in [2.75, 3.05) is 19.5 Å². The molecule has 1 fully saturated rings. The Bertz CT molecular complexity index is 863. The molecule has 1 aromatic carbocycles. The van der Waals surface area contributed by atoms with E-state index in [0.29, 0.717) is 28.3 Å². The smallest absolute Gasteiger partial charge is 0.341 e. The number of benzene rings is 1. The van der Waals surface area contributed by atoms with E-state index in [2.05, 4.69) is 5.32 Å². The highest BCUT2D eigenvalue weighted by molar-refractivity contribution is 7.15. The Hall–Kier alpha value is -1.76. The molecule has 1 N–H and O–H groups in total. The van der Waals surface area contributed by atoms with Gasteiger partial charge in [-0.25, -0.2) is 4.79 Å². The Morgan fingerprint density at radius 1 is 1.19 bits per heavy atom. The largest absolute Gasteiger partial charge is 0.497 e. The zero-order chi connectivity index (χ0) is 19.1. The Kier molecular flexibility index (Phi) is 4.94. The molecule has 0 bridgehead atoms. The Morgan fingerprint density at radius 2 is 1.81 bits per heavy atom. The van der Waals surface area contributed by atoms with Crippen LogP contribution in [0.4, 0.5) is 5.00 Å². The van der Waals surface area contributed by atoms with Gasteiger partial charge < -0.3 is 14.8 Å². The SMILES string of the molecule is COC(=O)c1c(-c2ccc(OC)cc2)csc1NC(=O)C1(C)CC1(Cl)Cl. The highest BCUT2D eigenvalue weighted by Gasteiger charge is 2.68. The second-order valence-corrected chi connectivity index (χ2v) is 8.60. The van der Waals surface area contributed by atoms with Crippen molar-refractivity contribution in [1.82, 2.24) is 0 Å². The molecule has 1 aliphatic carbocycles. The lowest BCUT2D eigenvalue weighted by Gasteiger charge is -2.13. The summed E-state index contributed by atoms with van der Waals surface area (Å²) in [6, 6.07) is 7.27. The van der Waals surface area contributed by atoms with E-state index in [1.165, 1.54) is 18.4 Å². The van der Waals surface area contributed by atoms with Gasteiger partial charge in [-0.1, -0.05) is 12.1 Å². The maximum atomic E-state index is 12.6. The zero-order valence-corrected chi connectivity index (χ0v) is 16.7. The Balaban J connectivity index is 1.95. The molecule has 0 aliphatic heterocycles. The van der Waals surface area contributed by atoms with Crippen molar-refractivity contribution in [3.63, 3.8) is 0 Å². The second kappa shape index (κ2) is 6.76. The average molecular weight is 414 g/mol. The number of alkyl halides is 2. The van der Waals surface area contributed by atoms with Gasteiger partial charge in [-0.3, -0.25) is 4.79 Å². The van der Waals surface area contributed by atoms with Crippen LogP contribution >= 0.6 is 34.5 Å². The molecule has 5 nitrogen and oxygen atoms in total. The molecular weight excluding hydrogens is 397 g/mol. The molecule has 0 saturated heterocycles. The molecule has 138 valence electrons. The molecule has 2 aromatic rings.